The molecule has 0 aliphatic rings. The maximum Gasteiger partial charge on any atom is 0.407 e. The average Bonchev–Trinajstić information content (AvgIpc) is 2.51. The first-order chi connectivity index (χ1) is 12.2. The molecule has 0 radical (unpaired) electrons. The second kappa shape index (κ2) is 9.07. The van der Waals surface area contributed by atoms with E-state index in [-0.39, 0.29) is 5.41 Å². The van der Waals surface area contributed by atoms with Gasteiger partial charge >= 0.3 is 6.09 Å². The van der Waals surface area contributed by atoms with E-state index in [0.717, 1.165) is 11.1 Å². The number of hydrogen-bond acceptors (Lipinski definition) is 4. The predicted molar refractivity (Wildman–Crippen MR) is 111 cm³/mol. The first kappa shape index (κ1) is 23.4. The van der Waals surface area contributed by atoms with Gasteiger partial charge in [0.15, 0.2) is 0 Å². The largest absolute Gasteiger partial charge is 0.449 e. The number of benzene rings is 1. The van der Waals surface area contributed by atoms with Crippen molar-refractivity contribution in [3.05, 3.63) is 35.4 Å². The summed E-state index contributed by atoms with van der Waals surface area (Å²) in [5.74, 6) is 0.486. The Labute approximate surface area is 165 Å². The Morgan fingerprint density at radius 2 is 1.67 bits per heavy atom. The van der Waals surface area contributed by atoms with Crippen LogP contribution in [0.4, 0.5) is 4.79 Å². The van der Waals surface area contributed by atoms with Crippen molar-refractivity contribution in [3.8, 4) is 0 Å². The molecule has 0 saturated heterocycles. The molecule has 0 saturated carbocycles. The molecule has 0 heterocycles. The fraction of sp³-hybridized carbons (Fsp3) is 0.682. The minimum Gasteiger partial charge on any atom is -0.449 e. The minimum absolute atomic E-state index is 0.236. The summed E-state index contributed by atoms with van der Waals surface area (Å²) in [5, 5.41) is 2.96. The van der Waals surface area contributed by atoms with Gasteiger partial charge in [0.25, 0.3) is 0 Å². The first-order valence-electron chi connectivity index (χ1n) is 9.65. The lowest BCUT2D eigenvalue weighted by Gasteiger charge is -2.30. The van der Waals surface area contributed by atoms with Gasteiger partial charge in [-0.1, -0.05) is 52.0 Å². The van der Waals surface area contributed by atoms with E-state index in [9.17, 15) is 4.79 Å². The smallest absolute Gasteiger partial charge is 0.407 e. The van der Waals surface area contributed by atoms with E-state index in [4.69, 9.17) is 15.2 Å². The van der Waals surface area contributed by atoms with Crippen LogP contribution in [-0.2, 0) is 20.6 Å². The zero-order valence-corrected chi connectivity index (χ0v) is 18.3. The molecular formula is C22H38N2O3. The molecule has 154 valence electrons. The standard InChI is InChI=1S/C22H38N2O3/c1-16(2)13-26-14-20(3,4)15-27-19(25)24-22(7,8)18-11-9-10-17(12-18)21(5,6)23/h9-12,16H,13-15,23H2,1-8H3,(H,24,25). The molecular weight excluding hydrogens is 340 g/mol. The quantitative estimate of drug-likeness (QED) is 0.661. The van der Waals surface area contributed by atoms with Crippen LogP contribution in [0.1, 0.15) is 66.5 Å². The van der Waals surface area contributed by atoms with E-state index in [1.54, 1.807) is 0 Å². The van der Waals surface area contributed by atoms with Crippen molar-refractivity contribution >= 4 is 6.09 Å². The van der Waals surface area contributed by atoms with Crippen molar-refractivity contribution in [1.82, 2.24) is 5.32 Å². The molecule has 5 heteroatoms. The van der Waals surface area contributed by atoms with E-state index in [0.29, 0.717) is 25.7 Å². The number of nitrogens with two attached hydrogens (primary N) is 1. The van der Waals surface area contributed by atoms with Crippen molar-refractivity contribution < 1.29 is 14.3 Å². The van der Waals surface area contributed by atoms with Crippen molar-refractivity contribution in [2.24, 2.45) is 17.1 Å². The maximum absolute atomic E-state index is 12.3. The SMILES string of the molecule is CC(C)COCC(C)(C)COC(=O)NC(C)(C)c1cccc(C(C)(C)N)c1. The zero-order valence-electron chi connectivity index (χ0n) is 18.3. The van der Waals surface area contributed by atoms with Crippen LogP contribution in [0, 0.1) is 11.3 Å². The number of amides is 1. The highest BCUT2D eigenvalue weighted by molar-refractivity contribution is 5.68. The molecule has 0 atom stereocenters. The molecule has 0 aliphatic carbocycles. The average molecular weight is 379 g/mol. The fourth-order valence-corrected chi connectivity index (χ4v) is 2.55. The molecule has 1 aromatic rings. The van der Waals surface area contributed by atoms with Crippen molar-refractivity contribution in [3.63, 3.8) is 0 Å². The second-order valence-electron chi connectivity index (χ2n) is 9.70. The Bertz CT molecular complexity index is 616. The van der Waals surface area contributed by atoms with Gasteiger partial charge < -0.3 is 20.5 Å². The van der Waals surface area contributed by atoms with Crippen LogP contribution in [-0.4, -0.2) is 25.9 Å². The fourth-order valence-electron chi connectivity index (χ4n) is 2.55. The number of nitrogens with one attached hydrogen (secondary N) is 1. The third-order valence-corrected chi connectivity index (χ3v) is 4.28. The van der Waals surface area contributed by atoms with Crippen LogP contribution < -0.4 is 11.1 Å². The van der Waals surface area contributed by atoms with Gasteiger partial charge in [-0.3, -0.25) is 0 Å². The summed E-state index contributed by atoms with van der Waals surface area (Å²) in [6.45, 7) is 17.7. The Balaban J connectivity index is 2.65. The molecule has 0 spiro atoms. The highest BCUT2D eigenvalue weighted by Gasteiger charge is 2.27. The molecule has 0 unspecified atom stereocenters. The van der Waals surface area contributed by atoms with E-state index < -0.39 is 17.2 Å². The predicted octanol–water partition coefficient (Wildman–Crippen LogP) is 4.54. The van der Waals surface area contributed by atoms with Gasteiger partial charge in [-0.15, -0.1) is 0 Å². The Morgan fingerprint density at radius 1 is 1.07 bits per heavy atom. The van der Waals surface area contributed by atoms with Gasteiger partial charge in [-0.25, -0.2) is 4.79 Å². The molecule has 1 rings (SSSR count). The lowest BCUT2D eigenvalue weighted by molar-refractivity contribution is 0.00891. The Kier molecular flexibility index (Phi) is 7.87. The molecule has 3 N–H and O–H groups in total. The Hall–Kier alpha value is -1.59. The lowest BCUT2D eigenvalue weighted by atomic mass is 9.88. The summed E-state index contributed by atoms with van der Waals surface area (Å²) in [5.41, 5.74) is 6.96. The molecule has 5 nitrogen and oxygen atoms in total. The highest BCUT2D eigenvalue weighted by atomic mass is 16.6. The molecule has 0 fully saturated rings. The number of rotatable bonds is 9. The van der Waals surface area contributed by atoms with E-state index >= 15 is 0 Å². The van der Waals surface area contributed by atoms with Gasteiger partial charge in [0.1, 0.15) is 6.61 Å². The van der Waals surface area contributed by atoms with Gasteiger partial charge in [0.05, 0.1) is 12.1 Å². The number of carbonyl (C=O) groups is 1. The van der Waals surface area contributed by atoms with Crippen LogP contribution in [0.15, 0.2) is 24.3 Å². The zero-order chi connectivity index (χ0) is 20.9. The van der Waals surface area contributed by atoms with Crippen molar-refractivity contribution in [2.75, 3.05) is 19.8 Å². The monoisotopic (exact) mass is 378 g/mol. The van der Waals surface area contributed by atoms with Crippen LogP contribution >= 0.6 is 0 Å². The number of hydrogen-bond donors (Lipinski definition) is 2. The molecule has 1 amide bonds. The van der Waals surface area contributed by atoms with Crippen LogP contribution in [0.3, 0.4) is 0 Å². The second-order valence-corrected chi connectivity index (χ2v) is 9.70. The lowest BCUT2D eigenvalue weighted by Crippen LogP contribution is -2.43. The van der Waals surface area contributed by atoms with Gasteiger partial charge in [-0.05, 0) is 44.7 Å². The van der Waals surface area contributed by atoms with Crippen LogP contribution in [0.5, 0.6) is 0 Å². The highest BCUT2D eigenvalue weighted by Crippen LogP contribution is 2.25. The normalized spacial score (nSPS) is 13.0. The summed E-state index contributed by atoms with van der Waals surface area (Å²) in [4.78, 5) is 12.3. The summed E-state index contributed by atoms with van der Waals surface area (Å²) >= 11 is 0. The first-order valence-corrected chi connectivity index (χ1v) is 9.65. The summed E-state index contributed by atoms with van der Waals surface area (Å²) < 4.78 is 11.1. The molecule has 0 bridgehead atoms. The van der Waals surface area contributed by atoms with Crippen LogP contribution in [0.25, 0.3) is 0 Å². The minimum atomic E-state index is -0.573. The number of alkyl carbamates (subject to hydrolysis) is 1. The molecule has 27 heavy (non-hydrogen) atoms. The molecule has 0 aromatic heterocycles. The van der Waals surface area contributed by atoms with Crippen molar-refractivity contribution in [2.45, 2.75) is 66.5 Å². The van der Waals surface area contributed by atoms with Crippen molar-refractivity contribution in [1.29, 1.82) is 0 Å². The van der Waals surface area contributed by atoms with Crippen LogP contribution in [0.2, 0.25) is 0 Å². The van der Waals surface area contributed by atoms with Gasteiger partial charge in [0.2, 0.25) is 0 Å². The van der Waals surface area contributed by atoms with Gasteiger partial charge in [-0.2, -0.15) is 0 Å². The maximum atomic E-state index is 12.3. The summed E-state index contributed by atoms with van der Waals surface area (Å²) in [6, 6.07) is 7.98. The molecule has 1 aromatic carbocycles. The third kappa shape index (κ3) is 8.31. The Morgan fingerprint density at radius 3 is 2.22 bits per heavy atom. The van der Waals surface area contributed by atoms with E-state index in [1.165, 1.54) is 0 Å². The third-order valence-electron chi connectivity index (χ3n) is 4.28. The molecule has 0 aliphatic heterocycles. The van der Waals surface area contributed by atoms with E-state index in [1.807, 2.05) is 65.8 Å². The van der Waals surface area contributed by atoms with Gasteiger partial charge in [0, 0.05) is 17.6 Å². The summed E-state index contributed by atoms with van der Waals surface area (Å²) in [7, 11) is 0. The van der Waals surface area contributed by atoms with E-state index in [2.05, 4.69) is 19.2 Å². The number of carbonyl (C=O) groups excluding carboxylic acids is 1. The topological polar surface area (TPSA) is 73.6 Å². The number of ether oxygens (including phenoxy) is 2. The summed E-state index contributed by atoms with van der Waals surface area (Å²) in [6.07, 6.45) is -0.436.